The van der Waals surface area contributed by atoms with Gasteiger partial charge in [-0.15, -0.1) is 11.3 Å². The quantitative estimate of drug-likeness (QED) is 0.492. The van der Waals surface area contributed by atoms with Crippen LogP contribution in [0, 0.1) is 0 Å². The molecule has 0 bridgehead atoms. The Morgan fingerprint density at radius 2 is 2.13 bits per heavy atom. The third-order valence-corrected chi connectivity index (χ3v) is 6.02. The van der Waals surface area contributed by atoms with Crippen molar-refractivity contribution in [1.29, 1.82) is 0 Å². The van der Waals surface area contributed by atoms with Gasteiger partial charge in [0.05, 0.1) is 23.6 Å². The first-order valence-corrected chi connectivity index (χ1v) is 11.5. The summed E-state index contributed by atoms with van der Waals surface area (Å²) in [5, 5.41) is 9.94. The molecule has 1 atom stereocenters. The molecule has 2 rings (SSSR count). The third-order valence-electron chi connectivity index (χ3n) is 4.39. The van der Waals surface area contributed by atoms with E-state index in [2.05, 4.69) is 37.3 Å². The van der Waals surface area contributed by atoms with Crippen LogP contribution in [0.5, 0.6) is 5.75 Å². The van der Waals surface area contributed by atoms with Crippen LogP contribution in [0.15, 0.2) is 41.0 Å². The van der Waals surface area contributed by atoms with Crippen LogP contribution in [0.25, 0.3) is 0 Å². The standard InChI is InChI=1S/C23H30ClN3O3S/c1-6-8-11-27-19(13-25-7-2)21(15(3)4)31-23(27)26-22(29)18-12-17(24)9-10-20(18)30-14-16(5)28/h7,9-10,12-13,15-16,28H,2,6,8,11,14H2,1,3-5H3/b25-13-,26-23-/t16-/m0/s1. The van der Waals surface area contributed by atoms with E-state index >= 15 is 0 Å². The van der Waals surface area contributed by atoms with Gasteiger partial charge in [-0.3, -0.25) is 9.79 Å². The number of aromatic nitrogens is 1. The summed E-state index contributed by atoms with van der Waals surface area (Å²) in [5.41, 5.74) is 1.20. The fourth-order valence-corrected chi connectivity index (χ4v) is 4.18. The summed E-state index contributed by atoms with van der Waals surface area (Å²) in [7, 11) is 0. The number of rotatable bonds is 10. The smallest absolute Gasteiger partial charge is 0.283 e. The number of aliphatic hydroxyl groups excluding tert-OH is 1. The molecule has 1 N–H and O–H groups in total. The van der Waals surface area contributed by atoms with Crippen LogP contribution >= 0.6 is 22.9 Å². The van der Waals surface area contributed by atoms with Gasteiger partial charge < -0.3 is 14.4 Å². The zero-order chi connectivity index (χ0) is 23.0. The number of benzene rings is 1. The lowest BCUT2D eigenvalue weighted by Gasteiger charge is -2.11. The minimum Gasteiger partial charge on any atom is -0.490 e. The second-order valence-corrected chi connectivity index (χ2v) is 8.92. The molecule has 0 saturated heterocycles. The van der Waals surface area contributed by atoms with Crippen molar-refractivity contribution in [1.82, 2.24) is 4.57 Å². The van der Waals surface area contributed by atoms with Crippen LogP contribution in [-0.4, -0.2) is 34.5 Å². The average molecular weight is 464 g/mol. The van der Waals surface area contributed by atoms with Crippen molar-refractivity contribution in [2.45, 2.75) is 59.1 Å². The van der Waals surface area contributed by atoms with Crippen molar-refractivity contribution in [2.75, 3.05) is 6.61 Å². The Balaban J connectivity index is 2.60. The molecule has 0 fully saturated rings. The fraction of sp³-hybridized carbons (Fsp3) is 0.435. The molecule has 0 aliphatic carbocycles. The zero-order valence-corrected chi connectivity index (χ0v) is 20.0. The number of unbranched alkanes of at least 4 members (excludes halogenated alkanes) is 1. The third kappa shape index (κ3) is 6.89. The number of hydrogen-bond acceptors (Lipinski definition) is 5. The minimum atomic E-state index is -0.663. The Labute approximate surface area is 192 Å². The molecule has 1 aromatic heterocycles. The van der Waals surface area contributed by atoms with E-state index in [0.717, 1.165) is 30.0 Å². The van der Waals surface area contributed by atoms with Gasteiger partial charge in [0.1, 0.15) is 12.4 Å². The van der Waals surface area contributed by atoms with E-state index in [1.165, 1.54) is 23.6 Å². The minimum absolute atomic E-state index is 0.0665. The lowest BCUT2D eigenvalue weighted by molar-refractivity contribution is 0.0980. The molecule has 6 nitrogen and oxygen atoms in total. The number of aliphatic hydroxyl groups is 1. The van der Waals surface area contributed by atoms with Gasteiger partial charge in [0.2, 0.25) is 0 Å². The molecule has 31 heavy (non-hydrogen) atoms. The van der Waals surface area contributed by atoms with E-state index in [0.29, 0.717) is 15.6 Å². The first kappa shape index (κ1) is 25.0. The van der Waals surface area contributed by atoms with Crippen molar-refractivity contribution < 1.29 is 14.6 Å². The number of carbonyl (C=O) groups is 1. The van der Waals surface area contributed by atoms with Crippen LogP contribution in [0.3, 0.4) is 0 Å². The molecule has 168 valence electrons. The number of nitrogens with zero attached hydrogens (tertiary/aromatic N) is 3. The van der Waals surface area contributed by atoms with Crippen molar-refractivity contribution >= 4 is 35.1 Å². The molecule has 1 heterocycles. The van der Waals surface area contributed by atoms with Crippen LogP contribution in [0.1, 0.15) is 67.4 Å². The van der Waals surface area contributed by atoms with Crippen LogP contribution in [0.2, 0.25) is 5.02 Å². The van der Waals surface area contributed by atoms with Crippen LogP contribution in [-0.2, 0) is 6.54 Å². The van der Waals surface area contributed by atoms with E-state index < -0.39 is 12.0 Å². The Kier molecular flexibility index (Phi) is 9.68. The molecule has 0 unspecified atom stereocenters. The van der Waals surface area contributed by atoms with Crippen molar-refractivity contribution in [3.63, 3.8) is 0 Å². The molecule has 0 spiro atoms. The number of aliphatic imine (C=N–C) groups is 1. The Hall–Kier alpha value is -2.22. The topological polar surface area (TPSA) is 76.2 Å². The normalized spacial score (nSPS) is 13.2. The molecular formula is C23H30ClN3O3S. The predicted octanol–water partition coefficient (Wildman–Crippen LogP) is 5.19. The first-order chi connectivity index (χ1) is 14.8. The lowest BCUT2D eigenvalue weighted by Crippen LogP contribution is -2.20. The van der Waals surface area contributed by atoms with Crippen molar-refractivity contribution in [2.24, 2.45) is 9.98 Å². The second kappa shape index (κ2) is 12.0. The van der Waals surface area contributed by atoms with Gasteiger partial charge in [0, 0.05) is 22.6 Å². The average Bonchev–Trinajstić information content (AvgIpc) is 3.06. The van der Waals surface area contributed by atoms with Crippen molar-refractivity contribution in [3.05, 3.63) is 56.9 Å². The number of thiazole rings is 1. The first-order valence-electron chi connectivity index (χ1n) is 10.4. The maximum Gasteiger partial charge on any atom is 0.283 e. The van der Waals surface area contributed by atoms with Crippen molar-refractivity contribution in [3.8, 4) is 5.75 Å². The molecule has 2 aromatic rings. The maximum atomic E-state index is 13.1. The molecule has 0 aliphatic rings. The van der Waals surface area contributed by atoms with Gasteiger partial charge in [0.25, 0.3) is 5.91 Å². The summed E-state index contributed by atoms with van der Waals surface area (Å²) in [5.74, 6) is 0.143. The summed E-state index contributed by atoms with van der Waals surface area (Å²) >= 11 is 7.61. The SMILES string of the molecule is C=C/N=C\c1c(C(C)C)s/c(=N\C(=O)c2cc(Cl)ccc2OC[C@H](C)O)n1CCCC. The van der Waals surface area contributed by atoms with Crippen LogP contribution < -0.4 is 9.54 Å². The fourth-order valence-electron chi connectivity index (χ4n) is 2.88. The largest absolute Gasteiger partial charge is 0.490 e. The van der Waals surface area contributed by atoms with E-state index in [-0.39, 0.29) is 18.1 Å². The van der Waals surface area contributed by atoms with Gasteiger partial charge in [-0.2, -0.15) is 4.99 Å². The molecule has 1 aromatic carbocycles. The molecular weight excluding hydrogens is 434 g/mol. The number of amides is 1. The Morgan fingerprint density at radius 1 is 1.39 bits per heavy atom. The summed E-state index contributed by atoms with van der Waals surface area (Å²) in [6, 6.07) is 4.80. The van der Waals surface area contributed by atoms with E-state index in [1.807, 2.05) is 4.57 Å². The highest BCUT2D eigenvalue weighted by atomic mass is 35.5. The van der Waals surface area contributed by atoms with E-state index in [1.54, 1.807) is 25.3 Å². The summed E-state index contributed by atoms with van der Waals surface area (Å²) in [6.07, 6.45) is 4.56. The predicted molar refractivity (Wildman–Crippen MR) is 128 cm³/mol. The number of halogens is 1. The number of carbonyl (C=O) groups excluding carboxylic acids is 1. The maximum absolute atomic E-state index is 13.1. The second-order valence-electron chi connectivity index (χ2n) is 7.47. The summed E-state index contributed by atoms with van der Waals surface area (Å²) in [4.78, 5) is 23.5. The molecule has 8 heteroatoms. The van der Waals surface area contributed by atoms with Gasteiger partial charge >= 0.3 is 0 Å². The Bertz CT molecular complexity index is 1010. The molecule has 1 amide bonds. The Morgan fingerprint density at radius 3 is 2.74 bits per heavy atom. The monoisotopic (exact) mass is 463 g/mol. The van der Waals surface area contributed by atoms with E-state index in [4.69, 9.17) is 16.3 Å². The number of ether oxygens (including phenoxy) is 1. The summed E-state index contributed by atoms with van der Waals surface area (Å²) < 4.78 is 7.64. The molecule has 0 aliphatic heterocycles. The van der Waals surface area contributed by atoms with Crippen LogP contribution in [0.4, 0.5) is 0 Å². The van der Waals surface area contributed by atoms with Gasteiger partial charge in [-0.05, 0) is 37.5 Å². The van der Waals surface area contributed by atoms with Gasteiger partial charge in [-0.1, -0.05) is 45.4 Å². The molecule has 0 radical (unpaired) electrons. The van der Waals surface area contributed by atoms with E-state index in [9.17, 15) is 9.90 Å². The lowest BCUT2D eigenvalue weighted by atomic mass is 10.1. The highest BCUT2D eigenvalue weighted by Crippen LogP contribution is 2.25. The molecule has 0 saturated carbocycles. The summed E-state index contributed by atoms with van der Waals surface area (Å²) in [6.45, 7) is 12.4. The van der Waals surface area contributed by atoms with Gasteiger partial charge in [-0.25, -0.2) is 0 Å². The number of hydrogen-bond donors (Lipinski definition) is 1. The zero-order valence-electron chi connectivity index (χ0n) is 18.5. The highest BCUT2D eigenvalue weighted by molar-refractivity contribution is 7.09. The highest BCUT2D eigenvalue weighted by Gasteiger charge is 2.18. The van der Waals surface area contributed by atoms with Gasteiger partial charge in [0.15, 0.2) is 4.80 Å².